The minimum absolute atomic E-state index is 0.0117. The van der Waals surface area contributed by atoms with Crippen molar-refractivity contribution in [2.45, 2.75) is 32.1 Å². The van der Waals surface area contributed by atoms with E-state index in [1.807, 2.05) is 0 Å². The minimum Gasteiger partial charge on any atom is -0.350 e. The summed E-state index contributed by atoms with van der Waals surface area (Å²) in [6.07, 6.45) is 1.48. The van der Waals surface area contributed by atoms with Crippen LogP contribution in [0.4, 0.5) is 8.78 Å². The van der Waals surface area contributed by atoms with Crippen LogP contribution in [0.5, 0.6) is 0 Å². The van der Waals surface area contributed by atoms with Gasteiger partial charge in [-0.25, -0.2) is 8.78 Å². The number of amides is 1. The van der Waals surface area contributed by atoms with Crippen LogP contribution in [0, 0.1) is 5.92 Å². The third kappa shape index (κ3) is 2.75. The Kier molecular flexibility index (Phi) is 2.65. The molecule has 1 rings (SSSR count). The van der Waals surface area contributed by atoms with Gasteiger partial charge in [0.1, 0.15) is 0 Å². The fourth-order valence-electron chi connectivity index (χ4n) is 0.831. The van der Waals surface area contributed by atoms with Gasteiger partial charge in [-0.05, 0) is 12.8 Å². The lowest BCUT2D eigenvalue weighted by atomic mass is 10.2. The van der Waals surface area contributed by atoms with Crippen LogP contribution in [0.2, 0.25) is 0 Å². The van der Waals surface area contributed by atoms with Gasteiger partial charge >= 0.3 is 0 Å². The van der Waals surface area contributed by atoms with E-state index in [0.29, 0.717) is 0 Å². The highest BCUT2D eigenvalue weighted by Gasteiger charge is 2.32. The first-order valence-electron chi connectivity index (χ1n) is 4.21. The van der Waals surface area contributed by atoms with E-state index in [4.69, 9.17) is 0 Å². The van der Waals surface area contributed by atoms with Gasteiger partial charge in [0, 0.05) is 12.3 Å². The second kappa shape index (κ2) is 3.37. The molecular weight excluding hydrogens is 164 g/mol. The van der Waals surface area contributed by atoms with Crippen LogP contribution < -0.4 is 5.32 Å². The van der Waals surface area contributed by atoms with Crippen molar-refractivity contribution >= 4 is 5.91 Å². The predicted octanol–water partition coefficient (Wildman–Crippen LogP) is 1.56. The fraction of sp³-hybridized carbons (Fsp3) is 0.875. The summed E-state index contributed by atoms with van der Waals surface area (Å²) in [5.74, 6) is -2.95. The zero-order chi connectivity index (χ0) is 9.19. The summed E-state index contributed by atoms with van der Waals surface area (Å²) in [5, 5.41) is 2.25. The van der Waals surface area contributed by atoms with Crippen molar-refractivity contribution in [3.8, 4) is 0 Å². The molecule has 0 aromatic rings. The van der Waals surface area contributed by atoms with Crippen LogP contribution in [0.25, 0.3) is 0 Å². The third-order valence-electron chi connectivity index (χ3n) is 1.99. The van der Waals surface area contributed by atoms with Gasteiger partial charge in [0.15, 0.2) is 0 Å². The second-order valence-corrected chi connectivity index (χ2v) is 3.20. The highest BCUT2D eigenvalue weighted by atomic mass is 19.3. The monoisotopic (exact) mass is 177 g/mol. The molecule has 0 aliphatic heterocycles. The molecule has 0 aromatic heterocycles. The molecule has 1 aliphatic rings. The zero-order valence-corrected chi connectivity index (χ0v) is 7.07. The molecule has 0 heterocycles. The Morgan fingerprint density at radius 2 is 2.17 bits per heavy atom. The van der Waals surface area contributed by atoms with E-state index < -0.39 is 12.5 Å². The van der Waals surface area contributed by atoms with E-state index in [-0.39, 0.29) is 18.2 Å². The maximum atomic E-state index is 12.6. The number of rotatable bonds is 4. The molecule has 1 N–H and O–H groups in total. The Labute approximate surface area is 70.3 Å². The summed E-state index contributed by atoms with van der Waals surface area (Å²) < 4.78 is 25.2. The van der Waals surface area contributed by atoms with E-state index >= 15 is 0 Å². The average Bonchev–Trinajstić information content (AvgIpc) is 2.83. The molecule has 0 spiro atoms. The largest absolute Gasteiger partial charge is 0.350 e. The number of hydrogen-bond donors (Lipinski definition) is 1. The lowest BCUT2D eigenvalue weighted by molar-refractivity contribution is -0.124. The number of carbonyl (C=O) groups is 1. The van der Waals surface area contributed by atoms with Gasteiger partial charge in [-0.15, -0.1) is 0 Å². The van der Waals surface area contributed by atoms with Gasteiger partial charge < -0.3 is 5.32 Å². The van der Waals surface area contributed by atoms with Crippen molar-refractivity contribution < 1.29 is 13.6 Å². The molecular formula is C8H13F2NO. The van der Waals surface area contributed by atoms with E-state index in [1.54, 1.807) is 0 Å². The van der Waals surface area contributed by atoms with E-state index in [9.17, 15) is 13.6 Å². The molecule has 0 saturated heterocycles. The summed E-state index contributed by atoms with van der Waals surface area (Å²) in [6.45, 7) is 0.891. The summed E-state index contributed by atoms with van der Waals surface area (Å²) in [5.41, 5.74) is 0. The third-order valence-corrected chi connectivity index (χ3v) is 1.99. The number of carbonyl (C=O) groups excluding carboxylic acids is 1. The first-order valence-corrected chi connectivity index (χ1v) is 4.21. The smallest absolute Gasteiger partial charge is 0.264 e. The molecule has 0 bridgehead atoms. The van der Waals surface area contributed by atoms with Gasteiger partial charge in [0.2, 0.25) is 5.91 Å². The van der Waals surface area contributed by atoms with Crippen molar-refractivity contribution in [1.82, 2.24) is 5.32 Å². The molecule has 1 amide bonds. The topological polar surface area (TPSA) is 29.1 Å². The molecule has 1 aliphatic carbocycles. The molecule has 2 nitrogen and oxygen atoms in total. The highest BCUT2D eigenvalue weighted by Crippen LogP contribution is 2.29. The Bertz CT molecular complexity index is 178. The quantitative estimate of drug-likeness (QED) is 0.693. The van der Waals surface area contributed by atoms with Crippen molar-refractivity contribution in [1.29, 1.82) is 0 Å². The second-order valence-electron chi connectivity index (χ2n) is 3.20. The van der Waals surface area contributed by atoms with Crippen molar-refractivity contribution in [2.75, 3.05) is 6.54 Å². The molecule has 12 heavy (non-hydrogen) atoms. The van der Waals surface area contributed by atoms with Crippen LogP contribution in [0.1, 0.15) is 26.2 Å². The standard InChI is InChI=1S/C8H13F2NO/c1-2-8(9,10)5-11-7(12)6-3-4-6/h6H,2-5H2,1H3,(H,11,12). The van der Waals surface area contributed by atoms with Crippen LogP contribution in [0.15, 0.2) is 0 Å². The Morgan fingerprint density at radius 1 is 1.58 bits per heavy atom. The van der Waals surface area contributed by atoms with Crippen molar-refractivity contribution in [3.63, 3.8) is 0 Å². The van der Waals surface area contributed by atoms with Crippen molar-refractivity contribution in [3.05, 3.63) is 0 Å². The maximum Gasteiger partial charge on any atom is 0.264 e. The van der Waals surface area contributed by atoms with Gasteiger partial charge in [0.05, 0.1) is 6.54 Å². The van der Waals surface area contributed by atoms with E-state index in [0.717, 1.165) is 12.8 Å². The first-order chi connectivity index (χ1) is 5.55. The first kappa shape index (κ1) is 9.42. The molecule has 0 aromatic carbocycles. The Balaban J connectivity index is 2.19. The number of alkyl halides is 2. The molecule has 0 radical (unpaired) electrons. The SMILES string of the molecule is CCC(F)(F)CNC(=O)C1CC1. The number of halogens is 2. The molecule has 70 valence electrons. The minimum atomic E-state index is -2.75. The Morgan fingerprint density at radius 3 is 2.58 bits per heavy atom. The van der Waals surface area contributed by atoms with E-state index in [1.165, 1.54) is 6.92 Å². The van der Waals surface area contributed by atoms with Crippen LogP contribution >= 0.6 is 0 Å². The number of nitrogens with one attached hydrogen (secondary N) is 1. The summed E-state index contributed by atoms with van der Waals surface area (Å²) in [7, 11) is 0. The molecule has 1 saturated carbocycles. The predicted molar refractivity (Wildman–Crippen MR) is 41.0 cm³/mol. The lowest BCUT2D eigenvalue weighted by Crippen LogP contribution is -2.36. The molecule has 0 atom stereocenters. The highest BCUT2D eigenvalue weighted by molar-refractivity contribution is 5.80. The lowest BCUT2D eigenvalue weighted by Gasteiger charge is -2.14. The Hall–Kier alpha value is -0.670. The molecule has 4 heteroatoms. The van der Waals surface area contributed by atoms with Gasteiger partial charge in [-0.2, -0.15) is 0 Å². The maximum absolute atomic E-state index is 12.6. The van der Waals surface area contributed by atoms with E-state index in [2.05, 4.69) is 5.32 Å². The molecule has 1 fully saturated rings. The fourth-order valence-corrected chi connectivity index (χ4v) is 0.831. The normalized spacial score (nSPS) is 17.6. The summed E-state index contributed by atoms with van der Waals surface area (Å²) in [6, 6.07) is 0. The van der Waals surface area contributed by atoms with Crippen LogP contribution in [0.3, 0.4) is 0 Å². The van der Waals surface area contributed by atoms with Gasteiger partial charge in [-0.1, -0.05) is 6.92 Å². The summed E-state index contributed by atoms with van der Waals surface area (Å²) >= 11 is 0. The zero-order valence-electron chi connectivity index (χ0n) is 7.07. The van der Waals surface area contributed by atoms with Gasteiger partial charge in [-0.3, -0.25) is 4.79 Å². The van der Waals surface area contributed by atoms with Crippen LogP contribution in [-0.2, 0) is 4.79 Å². The summed E-state index contributed by atoms with van der Waals surface area (Å²) in [4.78, 5) is 10.9. The van der Waals surface area contributed by atoms with Gasteiger partial charge in [0.25, 0.3) is 5.92 Å². The van der Waals surface area contributed by atoms with Crippen LogP contribution in [-0.4, -0.2) is 18.4 Å². The van der Waals surface area contributed by atoms with Crippen molar-refractivity contribution in [2.24, 2.45) is 5.92 Å². The number of hydrogen-bond acceptors (Lipinski definition) is 1. The average molecular weight is 177 g/mol. The molecule has 0 unspecified atom stereocenters.